The normalized spacial score (nSPS) is 14.3. The lowest BCUT2D eigenvalue weighted by atomic mass is 9.95. The van der Waals surface area contributed by atoms with Gasteiger partial charge in [-0.05, 0) is 54.3 Å². The lowest BCUT2D eigenvalue weighted by Gasteiger charge is -2.34. The number of aromatic hydroxyl groups is 1. The maximum atomic E-state index is 14.8. The van der Waals surface area contributed by atoms with Crippen LogP contribution in [0, 0.1) is 34.6 Å². The molecule has 1 aliphatic heterocycles. The smallest absolute Gasteiger partial charge is 0.170 e. The minimum Gasteiger partial charge on any atom is -0.506 e. The number of nitrogens with two attached hydrogens (primary N) is 1. The Bertz CT molecular complexity index is 1520. The molecule has 0 atom stereocenters. The molecule has 1 aliphatic rings. The van der Waals surface area contributed by atoms with Crippen molar-refractivity contribution in [1.29, 1.82) is 5.26 Å². The molecular weight excluding hydrogens is 472 g/mol. The Hall–Kier alpha value is -4.16. The van der Waals surface area contributed by atoms with E-state index in [2.05, 4.69) is 4.98 Å². The molecule has 1 saturated heterocycles. The zero-order valence-corrected chi connectivity index (χ0v) is 18.9. The summed E-state index contributed by atoms with van der Waals surface area (Å²) in [6.07, 6.45) is 2.89. The molecule has 0 amide bonds. The monoisotopic (exact) mass is 492 g/mol. The molecule has 182 valence electrons. The average molecular weight is 492 g/mol. The first-order valence-corrected chi connectivity index (χ1v) is 11.3. The second-order valence-corrected chi connectivity index (χ2v) is 8.79. The summed E-state index contributed by atoms with van der Waals surface area (Å²) in [4.78, 5) is 6.46. The molecular formula is C27H20F4N4O. The summed E-state index contributed by atoms with van der Waals surface area (Å²) in [6, 6.07) is 10.1. The Morgan fingerprint density at radius 3 is 2.33 bits per heavy atom. The largest absolute Gasteiger partial charge is 0.506 e. The first-order valence-electron chi connectivity index (χ1n) is 11.3. The molecule has 3 aromatic carbocycles. The number of pyridine rings is 1. The maximum absolute atomic E-state index is 14.8. The number of rotatable bonds is 3. The fourth-order valence-electron chi connectivity index (χ4n) is 4.68. The molecule has 0 aliphatic carbocycles. The Balaban J connectivity index is 1.80. The number of aromatic nitrogens is 1. The van der Waals surface area contributed by atoms with Crippen LogP contribution in [-0.2, 0) is 0 Å². The predicted octanol–water partition coefficient (Wildman–Crippen LogP) is 5.63. The van der Waals surface area contributed by atoms with E-state index in [1.54, 1.807) is 12.1 Å². The van der Waals surface area contributed by atoms with E-state index < -0.39 is 40.1 Å². The molecule has 5 rings (SSSR count). The number of hydrogen-bond acceptors (Lipinski definition) is 5. The third-order valence-electron chi connectivity index (χ3n) is 6.47. The number of nitrogens with zero attached hydrogens (tertiary/aromatic N) is 3. The van der Waals surface area contributed by atoms with E-state index >= 15 is 0 Å². The molecule has 0 unspecified atom stereocenters. The van der Waals surface area contributed by atoms with Gasteiger partial charge in [0, 0.05) is 42.3 Å². The molecule has 5 nitrogen and oxygen atoms in total. The molecule has 0 saturated carbocycles. The number of fused-ring (bicyclic) bond motifs is 1. The molecule has 2 heterocycles. The van der Waals surface area contributed by atoms with Gasteiger partial charge in [0.15, 0.2) is 11.6 Å². The third kappa shape index (κ3) is 4.10. The van der Waals surface area contributed by atoms with Crippen LogP contribution < -0.4 is 10.6 Å². The zero-order valence-electron chi connectivity index (χ0n) is 18.9. The quantitative estimate of drug-likeness (QED) is 0.362. The molecule has 3 N–H and O–H groups in total. The molecule has 0 bridgehead atoms. The van der Waals surface area contributed by atoms with Gasteiger partial charge in [-0.15, -0.1) is 0 Å². The second kappa shape index (κ2) is 9.13. The van der Waals surface area contributed by atoms with Crippen LogP contribution in [-0.4, -0.2) is 29.2 Å². The summed E-state index contributed by atoms with van der Waals surface area (Å²) in [5, 5.41) is 20.2. The van der Waals surface area contributed by atoms with Crippen LogP contribution in [0.25, 0.3) is 33.2 Å². The van der Waals surface area contributed by atoms with Crippen molar-refractivity contribution in [1.82, 2.24) is 4.98 Å². The van der Waals surface area contributed by atoms with Crippen LogP contribution in [0.2, 0.25) is 0 Å². The van der Waals surface area contributed by atoms with Crippen molar-refractivity contribution in [3.8, 4) is 34.1 Å². The molecule has 4 aromatic rings. The highest BCUT2D eigenvalue weighted by Gasteiger charge is 2.25. The van der Waals surface area contributed by atoms with Crippen molar-refractivity contribution in [3.05, 3.63) is 77.5 Å². The van der Waals surface area contributed by atoms with Gasteiger partial charge in [-0.25, -0.2) is 17.6 Å². The van der Waals surface area contributed by atoms with Gasteiger partial charge in [0.25, 0.3) is 0 Å². The number of nitriles is 1. The van der Waals surface area contributed by atoms with E-state index in [4.69, 9.17) is 5.73 Å². The number of phenolic OH excluding ortho intramolecular Hbond substituents is 1. The lowest BCUT2D eigenvalue weighted by molar-refractivity contribution is 0.457. The van der Waals surface area contributed by atoms with Crippen LogP contribution in [0.15, 0.2) is 48.7 Å². The Morgan fingerprint density at radius 1 is 0.972 bits per heavy atom. The van der Waals surface area contributed by atoms with Crippen molar-refractivity contribution in [2.75, 3.05) is 18.0 Å². The first-order chi connectivity index (χ1) is 17.3. The minimum absolute atomic E-state index is 0.0164. The van der Waals surface area contributed by atoms with Crippen LogP contribution in [0.4, 0.5) is 23.2 Å². The maximum Gasteiger partial charge on any atom is 0.170 e. The van der Waals surface area contributed by atoms with Gasteiger partial charge in [0.1, 0.15) is 23.5 Å². The number of phenols is 1. The fourth-order valence-corrected chi connectivity index (χ4v) is 4.68. The molecule has 0 spiro atoms. The number of benzene rings is 3. The molecule has 9 heteroatoms. The Morgan fingerprint density at radius 2 is 1.67 bits per heavy atom. The molecule has 0 radical (unpaired) electrons. The van der Waals surface area contributed by atoms with Gasteiger partial charge in [0.2, 0.25) is 0 Å². The van der Waals surface area contributed by atoms with Gasteiger partial charge in [-0.1, -0.05) is 6.07 Å². The van der Waals surface area contributed by atoms with Gasteiger partial charge in [-0.3, -0.25) is 4.98 Å². The summed E-state index contributed by atoms with van der Waals surface area (Å²) in [7, 11) is 0. The highest BCUT2D eigenvalue weighted by atomic mass is 19.2. The predicted molar refractivity (Wildman–Crippen MR) is 128 cm³/mol. The van der Waals surface area contributed by atoms with Crippen molar-refractivity contribution in [2.45, 2.75) is 18.9 Å². The van der Waals surface area contributed by atoms with E-state index in [9.17, 15) is 27.9 Å². The van der Waals surface area contributed by atoms with Gasteiger partial charge < -0.3 is 15.7 Å². The number of halogens is 4. The number of anilines is 1. The van der Waals surface area contributed by atoms with E-state index in [1.807, 2.05) is 4.90 Å². The third-order valence-corrected chi connectivity index (χ3v) is 6.47. The van der Waals surface area contributed by atoms with E-state index in [0.29, 0.717) is 54.2 Å². The number of piperidine rings is 1. The Kier molecular flexibility index (Phi) is 5.98. The van der Waals surface area contributed by atoms with Crippen LogP contribution in [0.1, 0.15) is 18.4 Å². The van der Waals surface area contributed by atoms with E-state index in [0.717, 1.165) is 6.07 Å². The van der Waals surface area contributed by atoms with E-state index in [-0.39, 0.29) is 17.2 Å². The Labute approximate surface area is 204 Å². The minimum atomic E-state index is -1.30. The summed E-state index contributed by atoms with van der Waals surface area (Å²) < 4.78 is 57.3. The topological polar surface area (TPSA) is 86.2 Å². The second-order valence-electron chi connectivity index (χ2n) is 8.79. The average Bonchev–Trinajstić information content (AvgIpc) is 2.85. The highest BCUT2D eigenvalue weighted by Crippen LogP contribution is 2.42. The molecule has 36 heavy (non-hydrogen) atoms. The van der Waals surface area contributed by atoms with Crippen LogP contribution in [0.5, 0.6) is 5.75 Å². The van der Waals surface area contributed by atoms with Gasteiger partial charge >= 0.3 is 0 Å². The summed E-state index contributed by atoms with van der Waals surface area (Å²) in [5.74, 6) is -4.75. The first kappa shape index (κ1) is 23.6. The summed E-state index contributed by atoms with van der Waals surface area (Å²) >= 11 is 0. The van der Waals surface area contributed by atoms with Gasteiger partial charge in [-0.2, -0.15) is 5.26 Å². The summed E-state index contributed by atoms with van der Waals surface area (Å²) in [5.41, 5.74) is 7.17. The highest BCUT2D eigenvalue weighted by molar-refractivity contribution is 6.02. The lowest BCUT2D eigenvalue weighted by Crippen LogP contribution is -2.40. The molecule has 1 aromatic heterocycles. The fraction of sp³-hybridized carbons (Fsp3) is 0.185. The van der Waals surface area contributed by atoms with Crippen LogP contribution >= 0.6 is 0 Å². The van der Waals surface area contributed by atoms with Crippen molar-refractivity contribution in [2.24, 2.45) is 5.73 Å². The van der Waals surface area contributed by atoms with Gasteiger partial charge in [0.05, 0.1) is 22.3 Å². The molecule has 1 fully saturated rings. The SMILES string of the molecule is N#Cc1cc(F)c(F)c(-c2ccc3ncc(-c4cc(F)cc(F)c4)c(N4CCC(N)CC4)c3c2)c1O. The zero-order chi connectivity index (χ0) is 25.6. The van der Waals surface area contributed by atoms with Crippen molar-refractivity contribution in [3.63, 3.8) is 0 Å². The van der Waals surface area contributed by atoms with Crippen LogP contribution in [0.3, 0.4) is 0 Å². The van der Waals surface area contributed by atoms with Crippen molar-refractivity contribution >= 4 is 16.6 Å². The number of hydrogen-bond donors (Lipinski definition) is 2. The standard InChI is InChI=1S/C27H20F4N4O/c28-17-7-15(8-18(29)11-17)21-13-34-23-2-1-14(24-25(31)22(30)10-16(12-32)27(24)36)9-20(23)26(21)35-5-3-19(33)4-6-35/h1-2,7-11,13,19,36H,3-6,33H2. The van der Waals surface area contributed by atoms with Crippen molar-refractivity contribution < 1.29 is 22.7 Å². The summed E-state index contributed by atoms with van der Waals surface area (Å²) in [6.45, 7) is 1.13. The van der Waals surface area contributed by atoms with E-state index in [1.165, 1.54) is 30.5 Å².